The number of aliphatic carboxylic acids is 3. The van der Waals surface area contributed by atoms with Gasteiger partial charge in [-0.1, -0.05) is 0 Å². The Bertz CT molecular complexity index is 905. The average molecular weight is 533 g/mol. The summed E-state index contributed by atoms with van der Waals surface area (Å²) in [5.74, 6) is -8.78. The van der Waals surface area contributed by atoms with Gasteiger partial charge in [0.25, 0.3) is 0 Å². The van der Waals surface area contributed by atoms with Crippen LogP contribution in [0.5, 0.6) is 0 Å². The Morgan fingerprint density at radius 2 is 1.24 bits per heavy atom. The fraction of sp³-hybridized carbons (Fsp3) is 0.579. The van der Waals surface area contributed by atoms with Crippen LogP contribution in [0.4, 0.5) is 0 Å². The molecule has 0 aromatic carbocycles. The standard InChI is InChI=1S/C19H32N8O10/c20-8(3-4-13(29)30)15(33)26-10(7-14(31)32)17(35)25-9(2-1-5-24-19(22)23)16(34)27-11(18(36)37)6-12(21)28/h8-11H,1-7,20H2,(H2,21,28)(H,25,35)(H,26,33)(H,27,34)(H,29,30)(H,31,32)(H,36,37)(H4,22,23,24). The Morgan fingerprint density at radius 3 is 1.73 bits per heavy atom. The molecule has 0 saturated heterocycles. The third-order valence-corrected chi connectivity index (χ3v) is 4.62. The molecule has 0 aromatic heterocycles. The number of carbonyl (C=O) groups is 7. The minimum Gasteiger partial charge on any atom is -0.481 e. The molecule has 0 aliphatic carbocycles. The second-order valence-corrected chi connectivity index (χ2v) is 7.78. The molecule has 14 N–H and O–H groups in total. The van der Waals surface area contributed by atoms with Crippen molar-refractivity contribution in [3.05, 3.63) is 0 Å². The molecule has 0 aromatic rings. The molecule has 0 bridgehead atoms. The predicted molar refractivity (Wildman–Crippen MR) is 124 cm³/mol. The third-order valence-electron chi connectivity index (χ3n) is 4.62. The van der Waals surface area contributed by atoms with E-state index in [9.17, 15) is 38.7 Å². The summed E-state index contributed by atoms with van der Waals surface area (Å²) < 4.78 is 0. The van der Waals surface area contributed by atoms with E-state index < -0.39 is 85.0 Å². The number of rotatable bonds is 18. The van der Waals surface area contributed by atoms with Crippen LogP contribution in [0.15, 0.2) is 4.99 Å². The van der Waals surface area contributed by atoms with Gasteiger partial charge in [0.2, 0.25) is 23.6 Å². The van der Waals surface area contributed by atoms with E-state index in [1.807, 2.05) is 0 Å². The Labute approximate surface area is 210 Å². The van der Waals surface area contributed by atoms with E-state index in [0.29, 0.717) is 0 Å². The quantitative estimate of drug-likeness (QED) is 0.0450. The fourth-order valence-electron chi connectivity index (χ4n) is 2.79. The second kappa shape index (κ2) is 16.2. The maximum Gasteiger partial charge on any atom is 0.326 e. The van der Waals surface area contributed by atoms with Gasteiger partial charge >= 0.3 is 17.9 Å². The molecule has 0 heterocycles. The van der Waals surface area contributed by atoms with Crippen molar-refractivity contribution >= 4 is 47.5 Å². The zero-order valence-electron chi connectivity index (χ0n) is 19.7. The minimum atomic E-state index is -1.73. The van der Waals surface area contributed by atoms with Gasteiger partial charge < -0.3 is 54.2 Å². The zero-order valence-corrected chi connectivity index (χ0v) is 19.7. The molecule has 4 unspecified atom stereocenters. The van der Waals surface area contributed by atoms with Crippen molar-refractivity contribution < 1.29 is 48.9 Å². The molecule has 208 valence electrons. The minimum absolute atomic E-state index is 0.0132. The Hall–Kier alpha value is -4.48. The first-order valence-corrected chi connectivity index (χ1v) is 10.8. The molecule has 0 spiro atoms. The second-order valence-electron chi connectivity index (χ2n) is 7.78. The normalized spacial score (nSPS) is 13.6. The monoisotopic (exact) mass is 532 g/mol. The van der Waals surface area contributed by atoms with Gasteiger partial charge in [0, 0.05) is 13.0 Å². The number of aliphatic imine (C=N–C) groups is 1. The maximum atomic E-state index is 12.8. The highest BCUT2D eigenvalue weighted by molar-refractivity contribution is 5.96. The summed E-state index contributed by atoms with van der Waals surface area (Å²) in [6, 6.07) is -6.28. The number of nitrogens with zero attached hydrogens (tertiary/aromatic N) is 1. The van der Waals surface area contributed by atoms with Gasteiger partial charge in [-0.25, -0.2) is 4.79 Å². The van der Waals surface area contributed by atoms with E-state index in [2.05, 4.69) is 20.9 Å². The van der Waals surface area contributed by atoms with Crippen molar-refractivity contribution in [1.29, 1.82) is 0 Å². The summed E-state index contributed by atoms with van der Waals surface area (Å²) in [6.07, 6.45) is -2.50. The molecule has 18 heteroatoms. The summed E-state index contributed by atoms with van der Waals surface area (Å²) in [6.45, 7) is 0.0132. The van der Waals surface area contributed by atoms with Crippen LogP contribution in [0.3, 0.4) is 0 Å². The molecule has 18 nitrogen and oxygen atoms in total. The van der Waals surface area contributed by atoms with Crippen molar-refractivity contribution in [2.45, 2.75) is 62.7 Å². The molecule has 0 radical (unpaired) electrons. The first-order valence-electron chi connectivity index (χ1n) is 10.8. The lowest BCUT2D eigenvalue weighted by molar-refractivity contribution is -0.144. The number of nitrogens with one attached hydrogen (secondary N) is 3. The lowest BCUT2D eigenvalue weighted by Gasteiger charge is -2.24. The van der Waals surface area contributed by atoms with Crippen LogP contribution in [0.2, 0.25) is 0 Å². The smallest absolute Gasteiger partial charge is 0.326 e. The SMILES string of the molecule is NC(=O)CC(NC(=O)C(CCCN=C(N)N)NC(=O)C(CC(=O)O)NC(=O)C(N)CCC(=O)O)C(=O)O. The number of nitrogens with two attached hydrogens (primary N) is 4. The summed E-state index contributed by atoms with van der Waals surface area (Å²) >= 11 is 0. The Kier molecular flexibility index (Phi) is 14.3. The maximum absolute atomic E-state index is 12.8. The van der Waals surface area contributed by atoms with Gasteiger partial charge in [0.1, 0.15) is 18.1 Å². The predicted octanol–water partition coefficient (Wildman–Crippen LogP) is -4.88. The van der Waals surface area contributed by atoms with Gasteiger partial charge in [0.05, 0.1) is 18.9 Å². The highest BCUT2D eigenvalue weighted by Gasteiger charge is 2.31. The van der Waals surface area contributed by atoms with E-state index in [-0.39, 0.29) is 31.8 Å². The number of primary amides is 1. The molecule has 0 saturated carbocycles. The molecule has 0 rings (SSSR count). The van der Waals surface area contributed by atoms with Crippen molar-refractivity contribution in [3.63, 3.8) is 0 Å². The van der Waals surface area contributed by atoms with Crippen LogP contribution in [-0.4, -0.2) is 93.5 Å². The van der Waals surface area contributed by atoms with Gasteiger partial charge in [-0.2, -0.15) is 0 Å². The summed E-state index contributed by atoms with van der Waals surface area (Å²) in [4.78, 5) is 85.8. The summed E-state index contributed by atoms with van der Waals surface area (Å²) in [5.41, 5.74) is 21.0. The van der Waals surface area contributed by atoms with E-state index in [4.69, 9.17) is 33.1 Å². The number of amides is 4. The third kappa shape index (κ3) is 14.5. The number of carbonyl (C=O) groups excluding carboxylic acids is 4. The number of carboxylic acid groups (broad SMARTS) is 3. The molecule has 4 amide bonds. The van der Waals surface area contributed by atoms with Crippen molar-refractivity contribution in [2.75, 3.05) is 6.54 Å². The van der Waals surface area contributed by atoms with Crippen LogP contribution >= 0.6 is 0 Å². The van der Waals surface area contributed by atoms with Gasteiger partial charge in [-0.15, -0.1) is 0 Å². The van der Waals surface area contributed by atoms with E-state index >= 15 is 0 Å². The molecule has 4 atom stereocenters. The molecule has 37 heavy (non-hydrogen) atoms. The molecular weight excluding hydrogens is 500 g/mol. The van der Waals surface area contributed by atoms with Gasteiger partial charge in [0.15, 0.2) is 5.96 Å². The van der Waals surface area contributed by atoms with Gasteiger partial charge in [-0.05, 0) is 19.3 Å². The van der Waals surface area contributed by atoms with Crippen molar-refractivity contribution in [2.24, 2.45) is 27.9 Å². The number of hydrogen-bond donors (Lipinski definition) is 10. The topological polar surface area (TPSA) is 333 Å². The Morgan fingerprint density at radius 1 is 0.703 bits per heavy atom. The summed E-state index contributed by atoms with van der Waals surface area (Å²) in [7, 11) is 0. The van der Waals surface area contributed by atoms with Crippen molar-refractivity contribution in [3.8, 4) is 0 Å². The first kappa shape index (κ1) is 32.5. The van der Waals surface area contributed by atoms with Crippen LogP contribution in [0, 0.1) is 0 Å². The largest absolute Gasteiger partial charge is 0.481 e. The molecule has 0 fully saturated rings. The summed E-state index contributed by atoms with van der Waals surface area (Å²) in [5, 5.41) is 33.4. The molecule has 0 aliphatic rings. The van der Waals surface area contributed by atoms with Crippen molar-refractivity contribution in [1.82, 2.24) is 16.0 Å². The van der Waals surface area contributed by atoms with Crippen LogP contribution in [0.25, 0.3) is 0 Å². The zero-order chi connectivity index (χ0) is 28.7. The van der Waals surface area contributed by atoms with E-state index in [0.717, 1.165) is 0 Å². The number of hydrogen-bond acceptors (Lipinski definition) is 9. The first-order chi connectivity index (χ1) is 17.1. The molecule has 0 aliphatic heterocycles. The highest BCUT2D eigenvalue weighted by atomic mass is 16.4. The Balaban J connectivity index is 5.66. The highest BCUT2D eigenvalue weighted by Crippen LogP contribution is 2.04. The molecular formula is C19H32N8O10. The van der Waals surface area contributed by atoms with Crippen LogP contribution < -0.4 is 38.9 Å². The van der Waals surface area contributed by atoms with E-state index in [1.165, 1.54) is 0 Å². The average Bonchev–Trinajstić information content (AvgIpc) is 2.77. The van der Waals surface area contributed by atoms with Crippen LogP contribution in [0.1, 0.15) is 38.5 Å². The van der Waals surface area contributed by atoms with Gasteiger partial charge in [-0.3, -0.25) is 33.8 Å². The van der Waals surface area contributed by atoms with Crippen LogP contribution in [-0.2, 0) is 33.6 Å². The number of guanidine groups is 1. The lowest BCUT2D eigenvalue weighted by atomic mass is 10.1. The fourth-order valence-corrected chi connectivity index (χ4v) is 2.79. The van der Waals surface area contributed by atoms with E-state index in [1.54, 1.807) is 0 Å². The lowest BCUT2D eigenvalue weighted by Crippen LogP contribution is -2.57. The number of carboxylic acids is 3.